The number of anilines is 1. The molecule has 4 aromatic carbocycles. The zero-order chi connectivity index (χ0) is 25.3. The number of carboxylic acid groups (broad SMARTS) is 1. The highest BCUT2D eigenvalue weighted by molar-refractivity contribution is 7.89. The van der Waals surface area contributed by atoms with Crippen molar-refractivity contribution < 1.29 is 23.1 Å². The highest BCUT2D eigenvalue weighted by atomic mass is 32.2. The number of benzene rings is 4. The summed E-state index contributed by atoms with van der Waals surface area (Å²) in [4.78, 5) is 26.2. The number of carbonyl (C=O) groups is 2. The van der Waals surface area contributed by atoms with Gasteiger partial charge in [0.05, 0.1) is 23.0 Å². The fourth-order valence-electron chi connectivity index (χ4n) is 4.33. The summed E-state index contributed by atoms with van der Waals surface area (Å²) in [5.74, 6) is -0.987. The molecule has 1 fully saturated rings. The summed E-state index contributed by atoms with van der Waals surface area (Å²) in [6, 6.07) is 29.9. The average Bonchev–Trinajstić information content (AvgIpc) is 3.27. The van der Waals surface area contributed by atoms with Crippen LogP contribution in [-0.2, 0) is 10.0 Å². The molecule has 0 aromatic heterocycles. The molecule has 1 unspecified atom stereocenters. The minimum atomic E-state index is -4.04. The topological polar surface area (TPSA) is 95.0 Å². The first-order valence-corrected chi connectivity index (χ1v) is 12.7. The number of carboxylic acids is 1. The molecule has 1 saturated heterocycles. The molecule has 0 saturated carbocycles. The van der Waals surface area contributed by atoms with Gasteiger partial charge in [-0.05, 0) is 53.1 Å². The molecule has 1 heterocycles. The molecule has 1 atom stereocenters. The highest BCUT2D eigenvalue weighted by Gasteiger charge is 2.45. The van der Waals surface area contributed by atoms with E-state index >= 15 is 0 Å². The van der Waals surface area contributed by atoms with Gasteiger partial charge in [0, 0.05) is 5.69 Å². The molecule has 36 heavy (non-hydrogen) atoms. The second-order valence-corrected chi connectivity index (χ2v) is 10.2. The molecule has 2 amide bonds. The third kappa shape index (κ3) is 4.23. The highest BCUT2D eigenvalue weighted by Crippen LogP contribution is 2.37. The molecule has 0 aliphatic carbocycles. The van der Waals surface area contributed by atoms with Crippen molar-refractivity contribution >= 4 is 27.7 Å². The third-order valence-corrected chi connectivity index (χ3v) is 7.95. The van der Waals surface area contributed by atoms with Crippen molar-refractivity contribution in [3.8, 4) is 11.1 Å². The second-order valence-electron chi connectivity index (χ2n) is 8.36. The van der Waals surface area contributed by atoms with Crippen LogP contribution < -0.4 is 4.90 Å². The first-order chi connectivity index (χ1) is 17.4. The fraction of sp³-hybridized carbons (Fsp3) is 0.0714. The number of hydrogen-bond acceptors (Lipinski definition) is 4. The minimum Gasteiger partial charge on any atom is -0.478 e. The monoisotopic (exact) mass is 498 g/mol. The Hall–Kier alpha value is -4.43. The van der Waals surface area contributed by atoms with E-state index in [-0.39, 0.29) is 17.0 Å². The Morgan fingerprint density at radius 1 is 0.750 bits per heavy atom. The average molecular weight is 499 g/mol. The van der Waals surface area contributed by atoms with Crippen molar-refractivity contribution in [1.82, 2.24) is 4.31 Å². The van der Waals surface area contributed by atoms with Crippen molar-refractivity contribution in [3.05, 3.63) is 120 Å². The van der Waals surface area contributed by atoms with Gasteiger partial charge in [0.1, 0.15) is 0 Å². The van der Waals surface area contributed by atoms with E-state index in [1.165, 1.54) is 17.0 Å². The largest absolute Gasteiger partial charge is 0.478 e. The summed E-state index contributed by atoms with van der Waals surface area (Å²) in [6.07, 6.45) is 0. The third-order valence-electron chi connectivity index (χ3n) is 6.20. The molecular formula is C28H22N2O5S. The molecule has 1 aliphatic heterocycles. The number of hydrogen-bond donors (Lipinski definition) is 1. The van der Waals surface area contributed by atoms with Crippen LogP contribution in [0.15, 0.2) is 114 Å². The smallest absolute Gasteiger partial charge is 0.339 e. The lowest BCUT2D eigenvalue weighted by molar-refractivity contribution is 0.0697. The number of rotatable bonds is 6. The lowest BCUT2D eigenvalue weighted by atomic mass is 9.99. The lowest BCUT2D eigenvalue weighted by Gasteiger charge is -2.23. The van der Waals surface area contributed by atoms with E-state index in [0.29, 0.717) is 5.69 Å². The van der Waals surface area contributed by atoms with Gasteiger partial charge in [0.25, 0.3) is 10.0 Å². The van der Waals surface area contributed by atoms with E-state index in [1.807, 2.05) is 30.3 Å². The van der Waals surface area contributed by atoms with Crippen LogP contribution >= 0.6 is 0 Å². The summed E-state index contributed by atoms with van der Waals surface area (Å²) in [5, 5.41) is 9.12. The first kappa shape index (κ1) is 23.3. The van der Waals surface area contributed by atoms with Gasteiger partial charge in [-0.15, -0.1) is 0 Å². The number of amides is 2. The number of urea groups is 1. The molecule has 0 spiro atoms. The molecule has 1 aliphatic rings. The molecule has 7 nitrogen and oxygen atoms in total. The Bertz CT molecular complexity index is 1500. The van der Waals surface area contributed by atoms with Gasteiger partial charge in [-0.25, -0.2) is 22.3 Å². The van der Waals surface area contributed by atoms with Crippen molar-refractivity contribution in [2.45, 2.75) is 10.9 Å². The van der Waals surface area contributed by atoms with Crippen LogP contribution in [0, 0.1) is 0 Å². The van der Waals surface area contributed by atoms with Crippen LogP contribution in [0.5, 0.6) is 0 Å². The van der Waals surface area contributed by atoms with Gasteiger partial charge in [-0.3, -0.25) is 4.90 Å². The van der Waals surface area contributed by atoms with Crippen LogP contribution in [-0.4, -0.2) is 36.4 Å². The van der Waals surface area contributed by atoms with Gasteiger partial charge in [-0.1, -0.05) is 72.8 Å². The number of aromatic carboxylic acids is 1. The van der Waals surface area contributed by atoms with E-state index in [1.54, 1.807) is 66.7 Å². The van der Waals surface area contributed by atoms with Gasteiger partial charge >= 0.3 is 12.0 Å². The molecular weight excluding hydrogens is 476 g/mol. The van der Waals surface area contributed by atoms with Gasteiger partial charge in [0.2, 0.25) is 0 Å². The standard InChI is InChI=1S/C28H22N2O5S/c31-27(32)23-17-13-21(14-18-23)20-11-15-22(16-12-20)26-19-29(36(34,35)25-9-5-2-6-10-25)28(33)30(26)24-7-3-1-4-8-24/h1-18,26H,19H2,(H,31,32). The predicted octanol–water partition coefficient (Wildman–Crippen LogP) is 5.42. The van der Waals surface area contributed by atoms with Crippen molar-refractivity contribution in [3.63, 3.8) is 0 Å². The van der Waals surface area contributed by atoms with E-state index in [9.17, 15) is 18.0 Å². The maximum atomic E-state index is 13.5. The summed E-state index contributed by atoms with van der Waals surface area (Å²) in [6.45, 7) is -0.0301. The lowest BCUT2D eigenvalue weighted by Crippen LogP contribution is -2.36. The van der Waals surface area contributed by atoms with Crippen LogP contribution in [0.4, 0.5) is 10.5 Å². The SMILES string of the molecule is O=C(O)c1ccc(-c2ccc(C3CN(S(=O)(=O)c4ccccc4)C(=O)N3c3ccccc3)cc2)cc1. The van der Waals surface area contributed by atoms with Gasteiger partial charge in [0.15, 0.2) is 0 Å². The van der Waals surface area contributed by atoms with Gasteiger partial charge in [-0.2, -0.15) is 0 Å². The maximum absolute atomic E-state index is 13.5. The first-order valence-electron chi connectivity index (χ1n) is 11.3. The molecule has 0 radical (unpaired) electrons. The summed E-state index contributed by atoms with van der Waals surface area (Å²) < 4.78 is 27.6. The molecule has 8 heteroatoms. The Labute approximate surface area is 208 Å². The normalized spacial score (nSPS) is 15.8. The number of sulfonamides is 1. The second kappa shape index (κ2) is 9.31. The van der Waals surface area contributed by atoms with Crippen LogP contribution in [0.1, 0.15) is 22.0 Å². The van der Waals surface area contributed by atoms with E-state index in [0.717, 1.165) is 21.0 Å². The Balaban J connectivity index is 1.50. The van der Waals surface area contributed by atoms with E-state index in [2.05, 4.69) is 0 Å². The molecule has 0 bridgehead atoms. The molecule has 4 aromatic rings. The zero-order valence-corrected chi connectivity index (χ0v) is 19.9. The Kier molecular flexibility index (Phi) is 6.03. The molecule has 1 N–H and O–H groups in total. The minimum absolute atomic E-state index is 0.0301. The quantitative estimate of drug-likeness (QED) is 0.383. The number of nitrogens with zero attached hydrogens (tertiary/aromatic N) is 2. The van der Waals surface area contributed by atoms with Crippen molar-refractivity contribution in [2.75, 3.05) is 11.4 Å². The molecule has 180 valence electrons. The Morgan fingerprint density at radius 3 is 1.83 bits per heavy atom. The molecule has 5 rings (SSSR count). The summed E-state index contributed by atoms with van der Waals surface area (Å²) >= 11 is 0. The van der Waals surface area contributed by atoms with Crippen molar-refractivity contribution in [2.24, 2.45) is 0 Å². The van der Waals surface area contributed by atoms with E-state index in [4.69, 9.17) is 5.11 Å². The number of para-hydroxylation sites is 1. The number of carbonyl (C=O) groups excluding carboxylic acids is 1. The maximum Gasteiger partial charge on any atom is 0.339 e. The van der Waals surface area contributed by atoms with Crippen molar-refractivity contribution in [1.29, 1.82) is 0 Å². The zero-order valence-electron chi connectivity index (χ0n) is 19.1. The summed E-state index contributed by atoms with van der Waals surface area (Å²) in [7, 11) is -4.04. The fourth-order valence-corrected chi connectivity index (χ4v) is 5.71. The Morgan fingerprint density at radius 2 is 1.28 bits per heavy atom. The van der Waals surface area contributed by atoms with Crippen LogP contribution in [0.2, 0.25) is 0 Å². The predicted molar refractivity (Wildman–Crippen MR) is 136 cm³/mol. The van der Waals surface area contributed by atoms with Crippen LogP contribution in [0.25, 0.3) is 11.1 Å². The van der Waals surface area contributed by atoms with E-state index < -0.39 is 28.1 Å². The van der Waals surface area contributed by atoms with Crippen LogP contribution in [0.3, 0.4) is 0 Å². The van der Waals surface area contributed by atoms with Gasteiger partial charge < -0.3 is 5.11 Å². The summed E-state index contributed by atoms with van der Waals surface area (Å²) in [5.41, 5.74) is 3.32.